The van der Waals surface area contributed by atoms with Crippen molar-refractivity contribution in [1.29, 1.82) is 0 Å². The van der Waals surface area contributed by atoms with E-state index in [0.29, 0.717) is 19.8 Å². The number of nitrogens with one attached hydrogen (secondary N) is 1. The van der Waals surface area contributed by atoms with Gasteiger partial charge in [-0.15, -0.1) is 0 Å². The van der Waals surface area contributed by atoms with Crippen LogP contribution in [0.15, 0.2) is 0 Å². The molecule has 0 bridgehead atoms. The summed E-state index contributed by atoms with van der Waals surface area (Å²) in [6.07, 6.45) is 7.46. The van der Waals surface area contributed by atoms with Crippen LogP contribution in [0, 0.1) is 11.8 Å². The number of rotatable bonds is 6. The highest BCUT2D eigenvalue weighted by Gasteiger charge is 2.26. The molecule has 2 aliphatic rings. The molecular weight excluding hydrogens is 270 g/mol. The Balaban J connectivity index is 0.000000200. The monoisotopic (exact) mass is 303 g/mol. The molecule has 0 radical (unpaired) electrons. The quantitative estimate of drug-likeness (QED) is 0.766. The lowest BCUT2D eigenvalue weighted by molar-refractivity contribution is 0.107. The van der Waals surface area contributed by atoms with Gasteiger partial charge in [0.1, 0.15) is 0 Å². The van der Waals surface area contributed by atoms with Crippen LogP contribution in [0.1, 0.15) is 52.9 Å². The third-order valence-electron chi connectivity index (χ3n) is 4.07. The van der Waals surface area contributed by atoms with Crippen molar-refractivity contribution in [2.75, 3.05) is 32.9 Å². The SMILES string of the molecule is C1CCC2CNCCC2C1.CCO[SiH](OCC)OCC. The molecule has 5 heteroatoms. The molecular formula is C15H33NO3Si. The van der Waals surface area contributed by atoms with Gasteiger partial charge >= 0.3 is 9.53 Å². The smallest absolute Gasteiger partial charge is 0.376 e. The molecule has 1 aliphatic heterocycles. The number of hydrogen-bond acceptors (Lipinski definition) is 4. The predicted molar refractivity (Wildman–Crippen MR) is 85.0 cm³/mol. The molecule has 2 fully saturated rings. The van der Waals surface area contributed by atoms with Gasteiger partial charge in [0.2, 0.25) is 0 Å². The molecule has 2 atom stereocenters. The van der Waals surface area contributed by atoms with Crippen LogP contribution in [0.5, 0.6) is 0 Å². The predicted octanol–water partition coefficient (Wildman–Crippen LogP) is 2.60. The molecule has 1 aliphatic carbocycles. The van der Waals surface area contributed by atoms with Crippen molar-refractivity contribution in [1.82, 2.24) is 5.32 Å². The lowest BCUT2D eigenvalue weighted by atomic mass is 9.76. The van der Waals surface area contributed by atoms with Crippen LogP contribution in [-0.4, -0.2) is 42.4 Å². The second-order valence-corrected chi connectivity index (χ2v) is 7.03. The average Bonchev–Trinajstić information content (AvgIpc) is 2.49. The molecule has 20 heavy (non-hydrogen) atoms. The van der Waals surface area contributed by atoms with Crippen molar-refractivity contribution >= 4 is 9.53 Å². The zero-order valence-corrected chi connectivity index (χ0v) is 14.7. The fourth-order valence-electron chi connectivity index (χ4n) is 3.06. The highest BCUT2D eigenvalue weighted by molar-refractivity contribution is 6.36. The van der Waals surface area contributed by atoms with E-state index < -0.39 is 9.53 Å². The van der Waals surface area contributed by atoms with Gasteiger partial charge in [0, 0.05) is 19.8 Å². The highest BCUT2D eigenvalue weighted by atomic mass is 28.3. The Morgan fingerprint density at radius 2 is 1.40 bits per heavy atom. The topological polar surface area (TPSA) is 39.7 Å². The maximum atomic E-state index is 5.22. The third-order valence-corrected chi connectivity index (χ3v) is 5.89. The van der Waals surface area contributed by atoms with Crippen LogP contribution in [0.4, 0.5) is 0 Å². The fourth-order valence-corrected chi connectivity index (χ4v) is 4.17. The van der Waals surface area contributed by atoms with Crippen molar-refractivity contribution in [3.05, 3.63) is 0 Å². The molecule has 1 N–H and O–H groups in total. The van der Waals surface area contributed by atoms with E-state index in [9.17, 15) is 0 Å². The molecule has 2 unspecified atom stereocenters. The molecule has 0 amide bonds. The molecule has 1 heterocycles. The van der Waals surface area contributed by atoms with Crippen LogP contribution in [0.3, 0.4) is 0 Å². The summed E-state index contributed by atoms with van der Waals surface area (Å²) in [5, 5.41) is 3.48. The number of fused-ring (bicyclic) bond motifs is 1. The fraction of sp³-hybridized carbons (Fsp3) is 1.00. The number of piperidine rings is 1. The first-order chi connectivity index (χ1) is 9.81. The van der Waals surface area contributed by atoms with Crippen LogP contribution < -0.4 is 5.32 Å². The van der Waals surface area contributed by atoms with Crippen LogP contribution >= 0.6 is 0 Å². The maximum absolute atomic E-state index is 5.22. The zero-order chi connectivity index (χ0) is 14.6. The van der Waals surface area contributed by atoms with Crippen molar-refractivity contribution in [2.45, 2.75) is 52.9 Å². The summed E-state index contributed by atoms with van der Waals surface area (Å²) >= 11 is 0. The highest BCUT2D eigenvalue weighted by Crippen LogP contribution is 2.33. The minimum absolute atomic E-state index is 0.677. The third kappa shape index (κ3) is 7.18. The summed E-state index contributed by atoms with van der Waals surface area (Å²) in [6, 6.07) is 0. The van der Waals surface area contributed by atoms with Crippen molar-refractivity contribution in [2.24, 2.45) is 11.8 Å². The van der Waals surface area contributed by atoms with Gasteiger partial charge in [-0.2, -0.15) is 0 Å². The van der Waals surface area contributed by atoms with E-state index in [1.807, 2.05) is 20.8 Å². The Bertz CT molecular complexity index is 191. The maximum Gasteiger partial charge on any atom is 0.484 e. The van der Waals surface area contributed by atoms with E-state index in [1.165, 1.54) is 45.2 Å². The van der Waals surface area contributed by atoms with Gasteiger partial charge < -0.3 is 18.6 Å². The largest absolute Gasteiger partial charge is 0.484 e. The van der Waals surface area contributed by atoms with E-state index in [4.69, 9.17) is 13.3 Å². The zero-order valence-electron chi connectivity index (χ0n) is 13.5. The van der Waals surface area contributed by atoms with Gasteiger partial charge in [0.15, 0.2) is 0 Å². The lowest BCUT2D eigenvalue weighted by Crippen LogP contribution is -2.38. The van der Waals surface area contributed by atoms with Gasteiger partial charge in [-0.3, -0.25) is 0 Å². The first-order valence-corrected chi connectivity index (χ1v) is 9.78. The van der Waals surface area contributed by atoms with E-state index >= 15 is 0 Å². The first-order valence-electron chi connectivity index (χ1n) is 8.37. The van der Waals surface area contributed by atoms with E-state index in [-0.39, 0.29) is 0 Å². The second-order valence-electron chi connectivity index (χ2n) is 5.45. The minimum Gasteiger partial charge on any atom is -0.376 e. The lowest BCUT2D eigenvalue weighted by Gasteiger charge is -2.35. The Labute approximate surface area is 126 Å². The Hall–Kier alpha value is 0.0569. The molecule has 1 saturated carbocycles. The Morgan fingerprint density at radius 3 is 1.90 bits per heavy atom. The minimum atomic E-state index is -1.73. The van der Waals surface area contributed by atoms with Gasteiger partial charge in [-0.1, -0.05) is 19.3 Å². The summed E-state index contributed by atoms with van der Waals surface area (Å²) in [5.41, 5.74) is 0. The average molecular weight is 304 g/mol. The van der Waals surface area contributed by atoms with E-state index in [1.54, 1.807) is 0 Å². The molecule has 120 valence electrons. The number of hydrogen-bond donors (Lipinski definition) is 1. The molecule has 0 aromatic heterocycles. The molecule has 0 aromatic carbocycles. The molecule has 0 spiro atoms. The van der Waals surface area contributed by atoms with Crippen molar-refractivity contribution in [3.63, 3.8) is 0 Å². The summed E-state index contributed by atoms with van der Waals surface area (Å²) in [6.45, 7) is 10.4. The molecule has 4 nitrogen and oxygen atoms in total. The first kappa shape index (κ1) is 18.1. The summed E-state index contributed by atoms with van der Waals surface area (Å²) < 4.78 is 15.7. The summed E-state index contributed by atoms with van der Waals surface area (Å²) in [5.74, 6) is 2.14. The van der Waals surface area contributed by atoms with Gasteiger partial charge in [0.05, 0.1) is 0 Å². The van der Waals surface area contributed by atoms with Crippen LogP contribution in [0.2, 0.25) is 0 Å². The Kier molecular flexibility index (Phi) is 10.6. The Morgan fingerprint density at radius 1 is 0.850 bits per heavy atom. The van der Waals surface area contributed by atoms with Crippen molar-refractivity contribution < 1.29 is 13.3 Å². The molecule has 2 rings (SSSR count). The van der Waals surface area contributed by atoms with Gasteiger partial charge in [-0.05, 0) is 58.5 Å². The van der Waals surface area contributed by atoms with Gasteiger partial charge in [-0.25, -0.2) is 0 Å². The standard InChI is InChI=1S/C9H17N.C6H16O3Si/c1-2-4-9-7-10-6-5-8(9)3-1;1-4-7-10(8-5-2)9-6-3/h8-10H,1-7H2;10H,4-6H2,1-3H3. The van der Waals surface area contributed by atoms with Gasteiger partial charge in [0.25, 0.3) is 0 Å². The summed E-state index contributed by atoms with van der Waals surface area (Å²) in [4.78, 5) is 0. The molecule has 0 aromatic rings. The second kappa shape index (κ2) is 11.7. The van der Waals surface area contributed by atoms with Crippen LogP contribution in [-0.2, 0) is 13.3 Å². The van der Waals surface area contributed by atoms with Crippen LogP contribution in [0.25, 0.3) is 0 Å². The summed E-state index contributed by atoms with van der Waals surface area (Å²) in [7, 11) is -1.73. The normalized spacial score (nSPS) is 25.8. The van der Waals surface area contributed by atoms with Crippen molar-refractivity contribution in [3.8, 4) is 0 Å². The molecule has 1 saturated heterocycles. The van der Waals surface area contributed by atoms with E-state index in [0.717, 1.165) is 11.8 Å². The van der Waals surface area contributed by atoms with E-state index in [2.05, 4.69) is 5.32 Å².